The zero-order chi connectivity index (χ0) is 9.84. The molecule has 78 valence electrons. The molecule has 0 bridgehead atoms. The summed E-state index contributed by atoms with van der Waals surface area (Å²) in [5.41, 5.74) is 0. The van der Waals surface area contributed by atoms with E-state index in [1.165, 1.54) is 18.6 Å². The Morgan fingerprint density at radius 1 is 1.38 bits per heavy atom. The zero-order valence-electron chi connectivity index (χ0n) is 9.34. The maximum absolute atomic E-state index is 3.42. The van der Waals surface area contributed by atoms with E-state index < -0.39 is 0 Å². The van der Waals surface area contributed by atoms with E-state index in [0.29, 0.717) is 0 Å². The molecule has 1 aliphatic rings. The van der Waals surface area contributed by atoms with Gasteiger partial charge >= 0.3 is 0 Å². The second-order valence-corrected chi connectivity index (χ2v) is 5.87. The smallest absolute Gasteiger partial charge is 0.0101 e. The van der Waals surface area contributed by atoms with Crippen molar-refractivity contribution >= 4 is 11.8 Å². The lowest BCUT2D eigenvalue weighted by Crippen LogP contribution is -2.30. The first-order valence-corrected chi connectivity index (χ1v) is 6.49. The van der Waals surface area contributed by atoms with E-state index in [9.17, 15) is 0 Å². The molecule has 0 aromatic rings. The average molecular weight is 201 g/mol. The minimum atomic E-state index is 0.768. The molecule has 1 nitrogen and oxygen atoms in total. The van der Waals surface area contributed by atoms with Crippen LogP contribution in [-0.4, -0.2) is 24.1 Å². The summed E-state index contributed by atoms with van der Waals surface area (Å²) in [6.45, 7) is 7.01. The van der Waals surface area contributed by atoms with Crippen molar-refractivity contribution in [2.45, 2.75) is 44.9 Å². The van der Waals surface area contributed by atoms with Crippen LogP contribution in [0.2, 0.25) is 0 Å². The monoisotopic (exact) mass is 201 g/mol. The van der Waals surface area contributed by atoms with Crippen molar-refractivity contribution in [3.63, 3.8) is 0 Å². The molecule has 1 N–H and O–H groups in total. The Labute approximate surface area is 87.1 Å². The van der Waals surface area contributed by atoms with Crippen molar-refractivity contribution in [2.24, 2.45) is 11.8 Å². The standard InChI is InChI=1S/C11H23NS/c1-8(2)7-13-11-6-5-10(12-4)9(11)3/h8-12H,5-7H2,1-4H3. The molecule has 0 heterocycles. The minimum absolute atomic E-state index is 0.768. The summed E-state index contributed by atoms with van der Waals surface area (Å²) in [6, 6.07) is 0.768. The van der Waals surface area contributed by atoms with Crippen LogP contribution in [0.15, 0.2) is 0 Å². The van der Waals surface area contributed by atoms with Crippen LogP contribution < -0.4 is 5.32 Å². The van der Waals surface area contributed by atoms with E-state index >= 15 is 0 Å². The van der Waals surface area contributed by atoms with Crippen molar-refractivity contribution < 1.29 is 0 Å². The van der Waals surface area contributed by atoms with Crippen molar-refractivity contribution in [3.05, 3.63) is 0 Å². The Balaban J connectivity index is 2.28. The topological polar surface area (TPSA) is 12.0 Å². The van der Waals surface area contributed by atoms with Crippen LogP contribution >= 0.6 is 11.8 Å². The van der Waals surface area contributed by atoms with Gasteiger partial charge in [-0.15, -0.1) is 0 Å². The Kier molecular flexibility index (Phi) is 4.60. The predicted molar refractivity (Wildman–Crippen MR) is 62.3 cm³/mol. The molecule has 0 aliphatic heterocycles. The molecule has 1 rings (SSSR count). The molecule has 0 saturated heterocycles. The van der Waals surface area contributed by atoms with Gasteiger partial charge in [0.15, 0.2) is 0 Å². The second-order valence-electron chi connectivity index (χ2n) is 4.60. The van der Waals surface area contributed by atoms with E-state index in [4.69, 9.17) is 0 Å². The summed E-state index contributed by atoms with van der Waals surface area (Å²) in [4.78, 5) is 0. The van der Waals surface area contributed by atoms with Gasteiger partial charge in [-0.1, -0.05) is 20.8 Å². The first kappa shape index (κ1) is 11.4. The Hall–Kier alpha value is 0.310. The van der Waals surface area contributed by atoms with Crippen LogP contribution in [0.25, 0.3) is 0 Å². The van der Waals surface area contributed by atoms with E-state index in [1.54, 1.807) is 0 Å². The maximum atomic E-state index is 3.42. The second kappa shape index (κ2) is 5.26. The summed E-state index contributed by atoms with van der Waals surface area (Å²) >= 11 is 2.18. The van der Waals surface area contributed by atoms with Gasteiger partial charge in [-0.05, 0) is 37.5 Å². The lowest BCUT2D eigenvalue weighted by Gasteiger charge is -2.20. The molecule has 1 fully saturated rings. The molecule has 3 atom stereocenters. The van der Waals surface area contributed by atoms with Gasteiger partial charge in [0, 0.05) is 11.3 Å². The maximum Gasteiger partial charge on any atom is 0.0101 e. The molecule has 2 heteroatoms. The first-order chi connectivity index (χ1) is 6.15. The van der Waals surface area contributed by atoms with Crippen LogP contribution in [0.5, 0.6) is 0 Å². The fourth-order valence-electron chi connectivity index (χ4n) is 2.09. The average Bonchev–Trinajstić information content (AvgIpc) is 2.43. The molecule has 13 heavy (non-hydrogen) atoms. The summed E-state index contributed by atoms with van der Waals surface area (Å²) < 4.78 is 0. The van der Waals surface area contributed by atoms with Gasteiger partial charge in [0.2, 0.25) is 0 Å². The van der Waals surface area contributed by atoms with Crippen LogP contribution in [0.1, 0.15) is 33.6 Å². The normalized spacial score (nSPS) is 34.4. The fraction of sp³-hybridized carbons (Fsp3) is 1.00. The quantitative estimate of drug-likeness (QED) is 0.750. The minimum Gasteiger partial charge on any atom is -0.317 e. The molecule has 0 amide bonds. The lowest BCUT2D eigenvalue weighted by atomic mass is 10.1. The van der Waals surface area contributed by atoms with Crippen LogP contribution in [0.4, 0.5) is 0 Å². The lowest BCUT2D eigenvalue weighted by molar-refractivity contribution is 0.463. The largest absolute Gasteiger partial charge is 0.317 e. The molecule has 0 spiro atoms. The van der Waals surface area contributed by atoms with Gasteiger partial charge in [0.25, 0.3) is 0 Å². The summed E-state index contributed by atoms with van der Waals surface area (Å²) in [5, 5.41) is 4.32. The molecule has 0 aromatic carbocycles. The number of thioether (sulfide) groups is 1. The molecular weight excluding hydrogens is 178 g/mol. The van der Waals surface area contributed by atoms with Gasteiger partial charge in [0.1, 0.15) is 0 Å². The highest BCUT2D eigenvalue weighted by molar-refractivity contribution is 7.99. The number of hydrogen-bond acceptors (Lipinski definition) is 2. The molecule has 1 saturated carbocycles. The Morgan fingerprint density at radius 3 is 2.54 bits per heavy atom. The van der Waals surface area contributed by atoms with E-state index in [-0.39, 0.29) is 0 Å². The predicted octanol–water partition coefficient (Wildman–Crippen LogP) is 2.76. The summed E-state index contributed by atoms with van der Waals surface area (Å²) in [6.07, 6.45) is 2.78. The van der Waals surface area contributed by atoms with Crippen molar-refractivity contribution in [2.75, 3.05) is 12.8 Å². The van der Waals surface area contributed by atoms with Crippen molar-refractivity contribution in [1.82, 2.24) is 5.32 Å². The number of hydrogen-bond donors (Lipinski definition) is 1. The third-order valence-electron chi connectivity index (χ3n) is 3.00. The van der Waals surface area contributed by atoms with Crippen LogP contribution in [0.3, 0.4) is 0 Å². The number of nitrogens with one attached hydrogen (secondary N) is 1. The molecule has 0 aromatic heterocycles. The highest BCUT2D eigenvalue weighted by Crippen LogP contribution is 2.35. The summed E-state index contributed by atoms with van der Waals surface area (Å²) in [5.74, 6) is 3.02. The van der Waals surface area contributed by atoms with Crippen molar-refractivity contribution in [3.8, 4) is 0 Å². The Bertz CT molecular complexity index is 147. The van der Waals surface area contributed by atoms with E-state index in [1.807, 2.05) is 0 Å². The van der Waals surface area contributed by atoms with Crippen LogP contribution in [-0.2, 0) is 0 Å². The fourth-order valence-corrected chi connectivity index (χ4v) is 3.52. The van der Waals surface area contributed by atoms with Crippen molar-refractivity contribution in [1.29, 1.82) is 0 Å². The van der Waals surface area contributed by atoms with Gasteiger partial charge in [-0.3, -0.25) is 0 Å². The zero-order valence-corrected chi connectivity index (χ0v) is 10.2. The Morgan fingerprint density at radius 2 is 2.08 bits per heavy atom. The van der Waals surface area contributed by atoms with Gasteiger partial charge in [-0.25, -0.2) is 0 Å². The highest BCUT2D eigenvalue weighted by atomic mass is 32.2. The first-order valence-electron chi connectivity index (χ1n) is 5.44. The van der Waals surface area contributed by atoms with Gasteiger partial charge in [0.05, 0.1) is 0 Å². The molecule has 1 aliphatic carbocycles. The third-order valence-corrected chi connectivity index (χ3v) is 4.95. The van der Waals surface area contributed by atoms with Crippen LogP contribution in [0, 0.1) is 11.8 Å². The molecule has 3 unspecified atom stereocenters. The van der Waals surface area contributed by atoms with E-state index in [0.717, 1.165) is 23.1 Å². The molecular formula is C11H23NS. The molecule has 0 radical (unpaired) electrons. The summed E-state index contributed by atoms with van der Waals surface area (Å²) in [7, 11) is 2.09. The SMILES string of the molecule is CNC1CCC(SCC(C)C)C1C. The van der Waals surface area contributed by atoms with Gasteiger partial charge in [-0.2, -0.15) is 11.8 Å². The number of rotatable bonds is 4. The van der Waals surface area contributed by atoms with E-state index in [2.05, 4.69) is 44.9 Å². The van der Waals surface area contributed by atoms with Gasteiger partial charge < -0.3 is 5.32 Å². The highest BCUT2D eigenvalue weighted by Gasteiger charge is 2.31. The third kappa shape index (κ3) is 3.17.